The second-order valence-corrected chi connectivity index (χ2v) is 4.68. The van der Waals surface area contributed by atoms with Gasteiger partial charge in [-0.15, -0.1) is 11.3 Å². The van der Waals surface area contributed by atoms with Gasteiger partial charge < -0.3 is 14.8 Å². The number of carboxylic acid groups (broad SMARTS) is 1. The molecule has 0 saturated heterocycles. The van der Waals surface area contributed by atoms with Gasteiger partial charge in [-0.1, -0.05) is 6.07 Å². The van der Waals surface area contributed by atoms with Crippen molar-refractivity contribution in [3.8, 4) is 0 Å². The normalized spacial score (nSPS) is 12.5. The molecule has 90 valence electrons. The van der Waals surface area contributed by atoms with E-state index in [2.05, 4.69) is 11.4 Å². The minimum absolute atomic E-state index is 0.0101. The lowest BCUT2D eigenvalue weighted by molar-refractivity contribution is 0.0660. The summed E-state index contributed by atoms with van der Waals surface area (Å²) < 4.78 is 4.91. The average molecular weight is 251 g/mol. The zero-order valence-electron chi connectivity index (χ0n) is 9.34. The Labute approximate surface area is 103 Å². The molecule has 17 heavy (non-hydrogen) atoms. The molecule has 0 spiro atoms. The lowest BCUT2D eigenvalue weighted by atomic mass is 10.2. The first-order valence-electron chi connectivity index (χ1n) is 5.25. The molecule has 0 bridgehead atoms. The van der Waals surface area contributed by atoms with Crippen LogP contribution in [0, 0.1) is 0 Å². The highest BCUT2D eigenvalue weighted by molar-refractivity contribution is 7.10. The summed E-state index contributed by atoms with van der Waals surface area (Å²) in [5, 5.41) is 14.2. The summed E-state index contributed by atoms with van der Waals surface area (Å²) in [5.41, 5.74) is 0.668. The fraction of sp³-hybridized carbons (Fsp3) is 0.250. The predicted octanol–water partition coefficient (Wildman–Crippen LogP) is 2.89. The van der Waals surface area contributed by atoms with E-state index in [-0.39, 0.29) is 11.8 Å². The molecule has 2 heterocycles. The summed E-state index contributed by atoms with van der Waals surface area (Å²) in [6, 6.07) is 5.93. The van der Waals surface area contributed by atoms with Crippen molar-refractivity contribution in [3.63, 3.8) is 0 Å². The molecule has 0 aromatic carbocycles. The van der Waals surface area contributed by atoms with Crippen molar-refractivity contribution in [2.24, 2.45) is 0 Å². The SMILES string of the molecule is C[C@@H](NCc1ccoc1C(=O)O)c1cccs1. The van der Waals surface area contributed by atoms with Crippen molar-refractivity contribution in [2.75, 3.05) is 0 Å². The number of furan rings is 1. The standard InChI is InChI=1S/C12H13NO3S/c1-8(10-3-2-6-17-10)13-7-9-4-5-16-11(9)12(14)15/h2-6,8,13H,7H2,1H3,(H,14,15)/t8-/m1/s1. The summed E-state index contributed by atoms with van der Waals surface area (Å²) >= 11 is 1.68. The van der Waals surface area contributed by atoms with Gasteiger partial charge in [0.1, 0.15) is 0 Å². The summed E-state index contributed by atoms with van der Waals surface area (Å²) in [7, 11) is 0. The van der Waals surface area contributed by atoms with Gasteiger partial charge in [-0.05, 0) is 24.4 Å². The van der Waals surface area contributed by atoms with Crippen molar-refractivity contribution >= 4 is 17.3 Å². The summed E-state index contributed by atoms with van der Waals surface area (Å²) in [6.07, 6.45) is 1.40. The topological polar surface area (TPSA) is 62.5 Å². The molecule has 2 aromatic heterocycles. The Morgan fingerprint density at radius 1 is 1.59 bits per heavy atom. The molecule has 0 aliphatic rings. The number of aromatic carboxylic acids is 1. The molecule has 1 atom stereocenters. The smallest absolute Gasteiger partial charge is 0.372 e. The first kappa shape index (κ1) is 11.9. The third-order valence-corrected chi connectivity index (χ3v) is 3.56. The second kappa shape index (κ2) is 5.16. The third kappa shape index (κ3) is 2.75. The van der Waals surface area contributed by atoms with Gasteiger partial charge in [0.2, 0.25) is 5.76 Å². The van der Waals surface area contributed by atoms with Crippen LogP contribution in [0.4, 0.5) is 0 Å². The quantitative estimate of drug-likeness (QED) is 0.857. The number of hydrogen-bond donors (Lipinski definition) is 2. The van der Waals surface area contributed by atoms with E-state index in [1.807, 2.05) is 18.4 Å². The van der Waals surface area contributed by atoms with Crippen LogP contribution in [0.5, 0.6) is 0 Å². The Hall–Kier alpha value is -1.59. The van der Waals surface area contributed by atoms with Crippen LogP contribution in [0.2, 0.25) is 0 Å². The summed E-state index contributed by atoms with van der Waals surface area (Å²) in [4.78, 5) is 12.1. The fourth-order valence-corrected chi connectivity index (χ4v) is 2.32. The Balaban J connectivity index is 1.98. The number of carboxylic acids is 1. The molecule has 0 fully saturated rings. The van der Waals surface area contributed by atoms with E-state index >= 15 is 0 Å². The van der Waals surface area contributed by atoms with Gasteiger partial charge in [-0.2, -0.15) is 0 Å². The van der Waals surface area contributed by atoms with Crippen LogP contribution in [0.1, 0.15) is 34.0 Å². The number of hydrogen-bond acceptors (Lipinski definition) is 4. The largest absolute Gasteiger partial charge is 0.475 e. The zero-order chi connectivity index (χ0) is 12.3. The van der Waals surface area contributed by atoms with E-state index in [4.69, 9.17) is 9.52 Å². The van der Waals surface area contributed by atoms with E-state index in [1.54, 1.807) is 17.4 Å². The molecule has 0 amide bonds. The first-order chi connectivity index (χ1) is 8.18. The van der Waals surface area contributed by atoms with Crippen LogP contribution >= 0.6 is 11.3 Å². The van der Waals surface area contributed by atoms with Gasteiger partial charge in [0, 0.05) is 23.0 Å². The van der Waals surface area contributed by atoms with Crippen LogP contribution in [0.3, 0.4) is 0 Å². The molecule has 0 saturated carbocycles. The van der Waals surface area contributed by atoms with Crippen molar-refractivity contribution < 1.29 is 14.3 Å². The number of carbonyl (C=O) groups is 1. The number of rotatable bonds is 5. The molecule has 0 radical (unpaired) electrons. The van der Waals surface area contributed by atoms with Crippen molar-refractivity contribution in [1.82, 2.24) is 5.32 Å². The maximum atomic E-state index is 10.8. The van der Waals surface area contributed by atoms with Gasteiger partial charge in [-0.25, -0.2) is 4.79 Å². The zero-order valence-corrected chi connectivity index (χ0v) is 10.2. The molecule has 0 unspecified atom stereocenters. The summed E-state index contributed by atoms with van der Waals surface area (Å²) in [5.74, 6) is -1.02. The van der Waals surface area contributed by atoms with Crippen LogP contribution in [0.25, 0.3) is 0 Å². The van der Waals surface area contributed by atoms with Crippen LogP contribution < -0.4 is 5.32 Å². The van der Waals surface area contributed by atoms with E-state index < -0.39 is 5.97 Å². The molecule has 0 aliphatic heterocycles. The lowest BCUT2D eigenvalue weighted by Gasteiger charge is -2.11. The van der Waals surface area contributed by atoms with Crippen molar-refractivity contribution in [3.05, 3.63) is 46.0 Å². The monoisotopic (exact) mass is 251 g/mol. The van der Waals surface area contributed by atoms with Gasteiger partial charge in [-0.3, -0.25) is 0 Å². The van der Waals surface area contributed by atoms with E-state index in [9.17, 15) is 4.79 Å². The van der Waals surface area contributed by atoms with E-state index in [0.29, 0.717) is 12.1 Å². The highest BCUT2D eigenvalue weighted by atomic mass is 32.1. The molecule has 0 aliphatic carbocycles. The van der Waals surface area contributed by atoms with Crippen LogP contribution in [-0.2, 0) is 6.54 Å². The Bertz CT molecular complexity index is 490. The average Bonchev–Trinajstić information content (AvgIpc) is 2.96. The fourth-order valence-electron chi connectivity index (χ4n) is 1.56. The summed E-state index contributed by atoms with van der Waals surface area (Å²) in [6.45, 7) is 2.53. The van der Waals surface area contributed by atoms with Crippen molar-refractivity contribution in [2.45, 2.75) is 19.5 Å². The molecule has 2 aromatic rings. The number of thiophene rings is 1. The highest BCUT2D eigenvalue weighted by Crippen LogP contribution is 2.19. The Kier molecular flexibility index (Phi) is 3.61. The van der Waals surface area contributed by atoms with Crippen molar-refractivity contribution in [1.29, 1.82) is 0 Å². The molecular weight excluding hydrogens is 238 g/mol. The van der Waals surface area contributed by atoms with Gasteiger partial charge in [0.25, 0.3) is 0 Å². The lowest BCUT2D eigenvalue weighted by Crippen LogP contribution is -2.18. The maximum absolute atomic E-state index is 10.8. The van der Waals surface area contributed by atoms with Gasteiger partial charge >= 0.3 is 5.97 Å². The van der Waals surface area contributed by atoms with Gasteiger partial charge in [0.05, 0.1) is 6.26 Å². The molecule has 2 rings (SSSR count). The maximum Gasteiger partial charge on any atom is 0.372 e. The second-order valence-electron chi connectivity index (χ2n) is 3.70. The molecule has 5 heteroatoms. The molecule has 2 N–H and O–H groups in total. The third-order valence-electron chi connectivity index (χ3n) is 2.51. The minimum atomic E-state index is -1.03. The Morgan fingerprint density at radius 2 is 2.41 bits per heavy atom. The molecular formula is C12H13NO3S. The molecule has 4 nitrogen and oxygen atoms in total. The van der Waals surface area contributed by atoms with Crippen LogP contribution in [0.15, 0.2) is 34.3 Å². The van der Waals surface area contributed by atoms with E-state index in [1.165, 1.54) is 11.1 Å². The van der Waals surface area contributed by atoms with Gasteiger partial charge in [0.15, 0.2) is 0 Å². The van der Waals surface area contributed by atoms with E-state index in [0.717, 1.165) is 0 Å². The number of nitrogens with one attached hydrogen (secondary N) is 1. The minimum Gasteiger partial charge on any atom is -0.475 e. The highest BCUT2D eigenvalue weighted by Gasteiger charge is 2.14. The Morgan fingerprint density at radius 3 is 3.06 bits per heavy atom. The predicted molar refractivity (Wildman–Crippen MR) is 65.2 cm³/mol. The first-order valence-corrected chi connectivity index (χ1v) is 6.13. The van der Waals surface area contributed by atoms with Crippen LogP contribution in [-0.4, -0.2) is 11.1 Å².